The van der Waals surface area contributed by atoms with E-state index in [4.69, 9.17) is 5.11 Å². The van der Waals surface area contributed by atoms with Crippen LogP contribution in [0.2, 0.25) is 0 Å². The summed E-state index contributed by atoms with van der Waals surface area (Å²) >= 11 is 0. The zero-order valence-corrected chi connectivity index (χ0v) is 11.2. The number of carbonyl (C=O) groups is 1. The molecule has 0 spiro atoms. The Kier molecular flexibility index (Phi) is 4.43. The summed E-state index contributed by atoms with van der Waals surface area (Å²) in [4.78, 5) is 13.2. The van der Waals surface area contributed by atoms with E-state index in [2.05, 4.69) is 4.90 Å². The Balaban J connectivity index is 2.17. The molecule has 104 valence electrons. The number of piperidine rings is 1. The number of aromatic hydroxyl groups is 1. The largest absolute Gasteiger partial charge is 0.508 e. The Hall–Kier alpha value is -1.55. The number of phenolic OH excluding ortho intramolecular Hbond substituents is 1. The number of para-hydroxylation sites is 1. The molecule has 0 amide bonds. The molecule has 2 rings (SSSR count). The molecule has 4 heteroatoms. The zero-order valence-electron chi connectivity index (χ0n) is 11.2. The van der Waals surface area contributed by atoms with Gasteiger partial charge in [-0.3, -0.25) is 9.69 Å². The lowest BCUT2D eigenvalue weighted by Crippen LogP contribution is -2.42. The number of likely N-dealkylation sites (tertiary alicyclic amines) is 1. The van der Waals surface area contributed by atoms with E-state index in [1.54, 1.807) is 12.1 Å². The quantitative estimate of drug-likeness (QED) is 0.877. The van der Waals surface area contributed by atoms with E-state index in [0.29, 0.717) is 0 Å². The van der Waals surface area contributed by atoms with E-state index in [0.717, 1.165) is 31.4 Å². The van der Waals surface area contributed by atoms with Crippen LogP contribution in [0.3, 0.4) is 0 Å². The second kappa shape index (κ2) is 6.06. The monoisotopic (exact) mass is 263 g/mol. The molecule has 2 N–H and O–H groups in total. The predicted molar refractivity (Wildman–Crippen MR) is 73.1 cm³/mol. The van der Waals surface area contributed by atoms with Crippen molar-refractivity contribution in [2.24, 2.45) is 0 Å². The predicted octanol–water partition coefficient (Wildman–Crippen LogP) is 2.78. The number of hydrogen-bond donors (Lipinski definition) is 2. The summed E-state index contributed by atoms with van der Waals surface area (Å²) in [6.45, 7) is 2.93. The summed E-state index contributed by atoms with van der Waals surface area (Å²) in [5.41, 5.74) is 0.875. The highest BCUT2D eigenvalue weighted by molar-refractivity contribution is 5.67. The molecule has 1 aliphatic rings. The number of carboxylic acids is 1. The Morgan fingerprint density at radius 1 is 1.42 bits per heavy atom. The minimum Gasteiger partial charge on any atom is -0.508 e. The molecule has 2 unspecified atom stereocenters. The van der Waals surface area contributed by atoms with Gasteiger partial charge in [0.25, 0.3) is 0 Å². The van der Waals surface area contributed by atoms with E-state index in [1.165, 1.54) is 0 Å². The van der Waals surface area contributed by atoms with Gasteiger partial charge < -0.3 is 10.2 Å². The van der Waals surface area contributed by atoms with Gasteiger partial charge in [0.2, 0.25) is 0 Å². The highest BCUT2D eigenvalue weighted by Crippen LogP contribution is 2.33. The molecule has 0 radical (unpaired) electrons. The van der Waals surface area contributed by atoms with Crippen LogP contribution in [-0.4, -0.2) is 33.7 Å². The van der Waals surface area contributed by atoms with Gasteiger partial charge >= 0.3 is 5.97 Å². The molecule has 1 aromatic rings. The third-order valence-electron chi connectivity index (χ3n) is 3.97. The topological polar surface area (TPSA) is 60.8 Å². The molecule has 1 aromatic carbocycles. The van der Waals surface area contributed by atoms with Crippen molar-refractivity contribution in [2.45, 2.75) is 44.7 Å². The van der Waals surface area contributed by atoms with Crippen LogP contribution in [-0.2, 0) is 4.79 Å². The van der Waals surface area contributed by atoms with Gasteiger partial charge in [-0.15, -0.1) is 0 Å². The molecule has 4 nitrogen and oxygen atoms in total. The van der Waals surface area contributed by atoms with Crippen LogP contribution < -0.4 is 0 Å². The van der Waals surface area contributed by atoms with Crippen LogP contribution >= 0.6 is 0 Å². The minimum atomic E-state index is -0.749. The molecular weight excluding hydrogens is 242 g/mol. The number of benzene rings is 1. The van der Waals surface area contributed by atoms with Crippen LogP contribution in [0.4, 0.5) is 0 Å². The third-order valence-corrected chi connectivity index (χ3v) is 3.97. The molecule has 2 atom stereocenters. The average Bonchev–Trinajstić information content (AvgIpc) is 2.38. The molecule has 1 fully saturated rings. The van der Waals surface area contributed by atoms with Gasteiger partial charge in [0, 0.05) is 17.6 Å². The molecule has 1 saturated heterocycles. The molecule has 1 aliphatic heterocycles. The number of nitrogens with zero attached hydrogens (tertiary/aromatic N) is 1. The molecule has 0 bridgehead atoms. The van der Waals surface area contributed by atoms with E-state index in [-0.39, 0.29) is 24.3 Å². The minimum absolute atomic E-state index is 0.0471. The van der Waals surface area contributed by atoms with Crippen LogP contribution in [0.25, 0.3) is 0 Å². The fourth-order valence-electron chi connectivity index (χ4n) is 2.97. The van der Waals surface area contributed by atoms with Gasteiger partial charge in [-0.2, -0.15) is 0 Å². The van der Waals surface area contributed by atoms with E-state index >= 15 is 0 Å². The maximum Gasteiger partial charge on any atom is 0.304 e. The van der Waals surface area contributed by atoms with Crippen molar-refractivity contribution in [1.82, 2.24) is 4.90 Å². The van der Waals surface area contributed by atoms with E-state index in [1.807, 2.05) is 19.1 Å². The number of phenols is 1. The van der Waals surface area contributed by atoms with Gasteiger partial charge in [0.15, 0.2) is 0 Å². The van der Waals surface area contributed by atoms with E-state index in [9.17, 15) is 9.90 Å². The molecule has 0 aliphatic carbocycles. The summed E-state index contributed by atoms with van der Waals surface area (Å²) in [5, 5.41) is 19.0. The number of rotatable bonds is 4. The lowest BCUT2D eigenvalue weighted by Gasteiger charge is -2.39. The van der Waals surface area contributed by atoms with E-state index < -0.39 is 5.97 Å². The lowest BCUT2D eigenvalue weighted by atomic mass is 9.95. The summed E-state index contributed by atoms with van der Waals surface area (Å²) in [7, 11) is 0. The Bertz CT molecular complexity index is 447. The van der Waals surface area contributed by atoms with Crippen molar-refractivity contribution >= 4 is 5.97 Å². The molecule has 0 aromatic heterocycles. The Morgan fingerprint density at radius 3 is 2.84 bits per heavy atom. The standard InChI is InChI=1S/C15H21NO3/c1-11(13-7-2-3-8-14(13)17)16-9-5-4-6-12(16)10-15(18)19/h2-3,7-8,11-12,17H,4-6,9-10H2,1H3,(H,18,19). The second-order valence-corrected chi connectivity index (χ2v) is 5.22. The van der Waals surface area contributed by atoms with Gasteiger partial charge in [-0.05, 0) is 32.4 Å². The maximum absolute atomic E-state index is 11.0. The molecular formula is C15H21NO3. The van der Waals surface area contributed by atoms with Gasteiger partial charge in [-0.25, -0.2) is 0 Å². The van der Waals surface area contributed by atoms with Crippen molar-refractivity contribution in [3.8, 4) is 5.75 Å². The fraction of sp³-hybridized carbons (Fsp3) is 0.533. The first-order valence-corrected chi connectivity index (χ1v) is 6.85. The highest BCUT2D eigenvalue weighted by atomic mass is 16.4. The molecule has 0 saturated carbocycles. The first-order valence-electron chi connectivity index (χ1n) is 6.85. The first kappa shape index (κ1) is 13.9. The van der Waals surface area contributed by atoms with Crippen molar-refractivity contribution in [1.29, 1.82) is 0 Å². The number of aliphatic carboxylic acids is 1. The van der Waals surface area contributed by atoms with Crippen molar-refractivity contribution in [3.63, 3.8) is 0 Å². The van der Waals surface area contributed by atoms with Crippen LogP contribution in [0.5, 0.6) is 5.75 Å². The summed E-state index contributed by atoms with van der Waals surface area (Å²) in [6, 6.07) is 7.42. The number of carboxylic acid groups (broad SMARTS) is 1. The number of hydrogen-bond acceptors (Lipinski definition) is 3. The fourth-order valence-corrected chi connectivity index (χ4v) is 2.97. The maximum atomic E-state index is 11.0. The highest BCUT2D eigenvalue weighted by Gasteiger charge is 2.29. The third kappa shape index (κ3) is 3.26. The normalized spacial score (nSPS) is 22.1. The van der Waals surface area contributed by atoms with Crippen molar-refractivity contribution in [2.75, 3.05) is 6.54 Å². The molecule has 19 heavy (non-hydrogen) atoms. The Labute approximate surface area is 113 Å². The smallest absolute Gasteiger partial charge is 0.304 e. The van der Waals surface area contributed by atoms with Gasteiger partial charge in [0.1, 0.15) is 5.75 Å². The zero-order chi connectivity index (χ0) is 13.8. The van der Waals surface area contributed by atoms with Crippen LogP contribution in [0, 0.1) is 0 Å². The summed E-state index contributed by atoms with van der Waals surface area (Å²) < 4.78 is 0. The average molecular weight is 263 g/mol. The van der Waals surface area contributed by atoms with Crippen molar-refractivity contribution < 1.29 is 15.0 Å². The summed E-state index contributed by atoms with van der Waals surface area (Å²) in [6.07, 6.45) is 3.28. The van der Waals surface area contributed by atoms with Crippen LogP contribution in [0.1, 0.15) is 44.2 Å². The van der Waals surface area contributed by atoms with Gasteiger partial charge in [-0.1, -0.05) is 24.6 Å². The second-order valence-electron chi connectivity index (χ2n) is 5.22. The first-order chi connectivity index (χ1) is 9.09. The SMILES string of the molecule is CC(c1ccccc1O)N1CCCCC1CC(=O)O. The lowest BCUT2D eigenvalue weighted by molar-refractivity contribution is -0.139. The van der Waals surface area contributed by atoms with Crippen LogP contribution in [0.15, 0.2) is 24.3 Å². The summed E-state index contributed by atoms with van der Waals surface area (Å²) in [5.74, 6) is -0.462. The van der Waals surface area contributed by atoms with Crippen molar-refractivity contribution in [3.05, 3.63) is 29.8 Å². The molecule has 1 heterocycles. The Morgan fingerprint density at radius 2 is 2.16 bits per heavy atom. The van der Waals surface area contributed by atoms with Gasteiger partial charge in [0.05, 0.1) is 6.42 Å².